The van der Waals surface area contributed by atoms with Crippen LogP contribution < -0.4 is 10.1 Å². The van der Waals surface area contributed by atoms with Gasteiger partial charge < -0.3 is 14.6 Å². The van der Waals surface area contributed by atoms with Gasteiger partial charge in [0.15, 0.2) is 5.16 Å². The second-order valence-electron chi connectivity index (χ2n) is 7.48. The van der Waals surface area contributed by atoms with Gasteiger partial charge in [0.25, 0.3) is 0 Å². The van der Waals surface area contributed by atoms with Gasteiger partial charge in [0.1, 0.15) is 11.6 Å². The number of benzene rings is 1. The second kappa shape index (κ2) is 9.82. The van der Waals surface area contributed by atoms with E-state index >= 15 is 0 Å². The Kier molecular flexibility index (Phi) is 7.43. The summed E-state index contributed by atoms with van der Waals surface area (Å²) in [6.45, 7) is 6.30. The molecule has 1 aliphatic rings. The number of piperidine rings is 1. The molecule has 1 N–H and O–H groups in total. The van der Waals surface area contributed by atoms with Crippen molar-refractivity contribution in [3.05, 3.63) is 29.0 Å². The number of hydrogen-bond acceptors (Lipinski definition) is 6. The normalized spacial score (nSPS) is 17.5. The van der Waals surface area contributed by atoms with Crippen LogP contribution in [0.5, 0.6) is 5.75 Å². The number of carbonyl (C=O) groups excluding carboxylic acids is 1. The van der Waals surface area contributed by atoms with Gasteiger partial charge in [-0.05, 0) is 57.7 Å². The first-order valence-corrected chi connectivity index (χ1v) is 11.4. The molecule has 1 aromatic carbocycles. The Morgan fingerprint density at radius 3 is 2.90 bits per heavy atom. The van der Waals surface area contributed by atoms with E-state index in [0.717, 1.165) is 36.9 Å². The van der Waals surface area contributed by atoms with Crippen LogP contribution in [0.2, 0.25) is 5.02 Å². The maximum atomic E-state index is 12.6. The number of rotatable bonds is 7. The summed E-state index contributed by atoms with van der Waals surface area (Å²) < 4.78 is 7.53. The molecule has 158 valence electrons. The van der Waals surface area contributed by atoms with Crippen molar-refractivity contribution in [3.63, 3.8) is 0 Å². The standard InChI is InChI=1S/C20H28ClN5O2S/c1-13(2)26-19(23-24-20(26)29-4)14-6-5-9-25(11-14)12-18(27)22-16-10-15(21)7-8-17(16)28-3/h7-8,10,13-14H,5-6,9,11-12H2,1-4H3,(H,22,27)/t14-/m1/s1. The molecule has 1 saturated heterocycles. The molecule has 2 aromatic rings. The highest BCUT2D eigenvalue weighted by atomic mass is 35.5. The van der Waals surface area contributed by atoms with Crippen LogP contribution in [0.4, 0.5) is 5.69 Å². The Morgan fingerprint density at radius 2 is 2.21 bits per heavy atom. The number of likely N-dealkylation sites (tertiary alicyclic amines) is 1. The summed E-state index contributed by atoms with van der Waals surface area (Å²) in [4.78, 5) is 14.8. The van der Waals surface area contributed by atoms with Gasteiger partial charge in [0.2, 0.25) is 5.91 Å². The third kappa shape index (κ3) is 5.24. The summed E-state index contributed by atoms with van der Waals surface area (Å²) in [7, 11) is 1.57. The van der Waals surface area contributed by atoms with Crippen molar-refractivity contribution >= 4 is 35.0 Å². The first-order valence-electron chi connectivity index (χ1n) is 9.77. The number of nitrogens with zero attached hydrogens (tertiary/aromatic N) is 4. The molecule has 0 unspecified atom stereocenters. The van der Waals surface area contributed by atoms with E-state index in [4.69, 9.17) is 16.3 Å². The Bertz CT molecular complexity index is 857. The number of halogens is 1. The molecule has 2 heterocycles. The van der Waals surface area contributed by atoms with E-state index in [2.05, 4.69) is 38.8 Å². The number of anilines is 1. The first kappa shape index (κ1) is 21.9. The molecular formula is C20H28ClN5O2S. The van der Waals surface area contributed by atoms with E-state index in [1.807, 2.05) is 6.26 Å². The molecule has 0 aliphatic carbocycles. The molecule has 1 fully saturated rings. The van der Waals surface area contributed by atoms with E-state index in [1.165, 1.54) is 0 Å². The van der Waals surface area contributed by atoms with Gasteiger partial charge in [-0.3, -0.25) is 9.69 Å². The molecule has 9 heteroatoms. The summed E-state index contributed by atoms with van der Waals surface area (Å²) in [5.74, 6) is 1.80. The topological polar surface area (TPSA) is 72.3 Å². The van der Waals surface area contributed by atoms with Crippen LogP contribution in [0.1, 0.15) is 44.5 Å². The molecule has 1 aliphatic heterocycles. The number of methoxy groups -OCH3 is 1. The monoisotopic (exact) mass is 437 g/mol. The molecule has 0 radical (unpaired) electrons. The second-order valence-corrected chi connectivity index (χ2v) is 8.69. The van der Waals surface area contributed by atoms with Crippen molar-refractivity contribution in [2.75, 3.05) is 38.3 Å². The van der Waals surface area contributed by atoms with E-state index in [-0.39, 0.29) is 11.8 Å². The lowest BCUT2D eigenvalue weighted by Gasteiger charge is -2.32. The minimum Gasteiger partial charge on any atom is -0.495 e. The summed E-state index contributed by atoms with van der Waals surface area (Å²) in [5.41, 5.74) is 0.586. The predicted molar refractivity (Wildman–Crippen MR) is 117 cm³/mol. The molecule has 3 rings (SSSR count). The lowest BCUT2D eigenvalue weighted by atomic mass is 9.97. The number of carbonyl (C=O) groups is 1. The first-order chi connectivity index (χ1) is 13.9. The molecule has 1 atom stereocenters. The van der Waals surface area contributed by atoms with Crippen molar-refractivity contribution in [1.29, 1.82) is 0 Å². The van der Waals surface area contributed by atoms with E-state index in [9.17, 15) is 4.79 Å². The summed E-state index contributed by atoms with van der Waals surface area (Å²) in [5, 5.41) is 13.2. The van der Waals surface area contributed by atoms with Crippen LogP contribution in [0.25, 0.3) is 0 Å². The van der Waals surface area contributed by atoms with Crippen LogP contribution >= 0.6 is 23.4 Å². The fourth-order valence-corrected chi connectivity index (χ4v) is 4.57. The lowest BCUT2D eigenvalue weighted by Crippen LogP contribution is -2.40. The molecule has 0 spiro atoms. The third-order valence-corrected chi connectivity index (χ3v) is 5.94. The van der Waals surface area contributed by atoms with Crippen molar-refractivity contribution in [3.8, 4) is 5.75 Å². The molecule has 0 bridgehead atoms. The maximum absolute atomic E-state index is 12.6. The van der Waals surface area contributed by atoms with Gasteiger partial charge in [0, 0.05) is 23.5 Å². The van der Waals surface area contributed by atoms with Gasteiger partial charge >= 0.3 is 0 Å². The number of nitrogens with one attached hydrogen (secondary N) is 1. The van der Waals surface area contributed by atoms with Gasteiger partial charge in [-0.1, -0.05) is 23.4 Å². The number of aromatic nitrogens is 3. The fourth-order valence-electron chi connectivity index (χ4n) is 3.77. The van der Waals surface area contributed by atoms with Gasteiger partial charge in [-0.25, -0.2) is 0 Å². The summed E-state index contributed by atoms with van der Waals surface area (Å²) in [6.07, 6.45) is 4.10. The van der Waals surface area contributed by atoms with Crippen LogP contribution in [-0.4, -0.2) is 58.6 Å². The van der Waals surface area contributed by atoms with Crippen LogP contribution in [-0.2, 0) is 4.79 Å². The summed E-state index contributed by atoms with van der Waals surface area (Å²) in [6, 6.07) is 5.49. The quantitative estimate of drug-likeness (QED) is 0.658. The van der Waals surface area contributed by atoms with Gasteiger partial charge in [0.05, 0.1) is 19.3 Å². The maximum Gasteiger partial charge on any atom is 0.238 e. The number of ether oxygens (including phenoxy) is 1. The van der Waals surface area contributed by atoms with E-state index < -0.39 is 0 Å². The molecule has 29 heavy (non-hydrogen) atoms. The fraction of sp³-hybridized carbons (Fsp3) is 0.550. The summed E-state index contributed by atoms with van der Waals surface area (Å²) >= 11 is 7.67. The van der Waals surface area contributed by atoms with E-state index in [0.29, 0.717) is 29.0 Å². The lowest BCUT2D eigenvalue weighted by molar-refractivity contribution is -0.117. The highest BCUT2D eigenvalue weighted by molar-refractivity contribution is 7.98. The van der Waals surface area contributed by atoms with E-state index in [1.54, 1.807) is 37.1 Å². The Balaban J connectivity index is 1.67. The zero-order valence-corrected chi connectivity index (χ0v) is 18.9. The smallest absolute Gasteiger partial charge is 0.238 e. The Labute approximate surface area is 181 Å². The molecule has 1 aromatic heterocycles. The average molecular weight is 438 g/mol. The van der Waals surface area contributed by atoms with Gasteiger partial charge in [-0.2, -0.15) is 0 Å². The van der Waals surface area contributed by atoms with Crippen LogP contribution in [0.15, 0.2) is 23.4 Å². The molecule has 1 amide bonds. The number of hydrogen-bond donors (Lipinski definition) is 1. The molecular weight excluding hydrogens is 410 g/mol. The highest BCUT2D eigenvalue weighted by Crippen LogP contribution is 2.31. The Morgan fingerprint density at radius 1 is 1.41 bits per heavy atom. The van der Waals surface area contributed by atoms with Crippen molar-refractivity contribution in [2.45, 2.75) is 43.8 Å². The Hall–Kier alpha value is -1.77. The predicted octanol–water partition coefficient (Wildman–Crippen LogP) is 4.06. The average Bonchev–Trinajstić information content (AvgIpc) is 3.13. The number of amides is 1. The minimum atomic E-state index is -0.0821. The molecule has 7 nitrogen and oxygen atoms in total. The molecule has 0 saturated carbocycles. The van der Waals surface area contributed by atoms with Crippen molar-refractivity contribution in [2.24, 2.45) is 0 Å². The zero-order chi connectivity index (χ0) is 21.0. The van der Waals surface area contributed by atoms with Crippen molar-refractivity contribution in [1.82, 2.24) is 19.7 Å². The largest absolute Gasteiger partial charge is 0.495 e. The van der Waals surface area contributed by atoms with Gasteiger partial charge in [-0.15, -0.1) is 10.2 Å². The van der Waals surface area contributed by atoms with Crippen molar-refractivity contribution < 1.29 is 9.53 Å². The van der Waals surface area contributed by atoms with Crippen LogP contribution in [0.3, 0.4) is 0 Å². The zero-order valence-electron chi connectivity index (χ0n) is 17.3. The van der Waals surface area contributed by atoms with Crippen LogP contribution in [0, 0.1) is 0 Å². The SMILES string of the molecule is COc1ccc(Cl)cc1NC(=O)CN1CCC[C@@H](c2nnc(SC)n2C(C)C)C1. The minimum absolute atomic E-state index is 0.0821. The third-order valence-electron chi connectivity index (χ3n) is 5.06. The highest BCUT2D eigenvalue weighted by Gasteiger charge is 2.28. The number of thioether (sulfide) groups is 1.